The van der Waals surface area contributed by atoms with Crippen LogP contribution >= 0.6 is 0 Å². The largest absolute Gasteiger partial charge is 0.0625 e. The van der Waals surface area contributed by atoms with E-state index < -0.39 is 0 Å². The third kappa shape index (κ3) is 6.25. The molecule has 18 heavy (non-hydrogen) atoms. The van der Waals surface area contributed by atoms with Gasteiger partial charge in [0.1, 0.15) is 0 Å². The molecule has 0 radical (unpaired) electrons. The van der Waals surface area contributed by atoms with Crippen molar-refractivity contribution >= 4 is 0 Å². The Balaban J connectivity index is 4.62. The van der Waals surface area contributed by atoms with Crippen molar-refractivity contribution in [2.45, 2.75) is 75.2 Å². The summed E-state index contributed by atoms with van der Waals surface area (Å²) in [6.07, 6.45) is 2.82. The summed E-state index contributed by atoms with van der Waals surface area (Å²) in [6.45, 7) is 21.6. The maximum absolute atomic E-state index is 2.47. The third-order valence-corrected chi connectivity index (χ3v) is 5.42. The molecule has 0 aromatic rings. The highest BCUT2D eigenvalue weighted by Crippen LogP contribution is 2.35. The van der Waals surface area contributed by atoms with Crippen molar-refractivity contribution in [3.8, 4) is 0 Å². The quantitative estimate of drug-likeness (QED) is 0.479. The zero-order chi connectivity index (χ0) is 14.5. The Morgan fingerprint density at radius 1 is 0.500 bits per heavy atom. The molecular formula is C18H38. The predicted molar refractivity (Wildman–Crippen MR) is 84.7 cm³/mol. The number of hydrogen-bond acceptors (Lipinski definition) is 0. The van der Waals surface area contributed by atoms with Crippen LogP contribution in [0, 0.1) is 41.4 Å². The summed E-state index contributed by atoms with van der Waals surface area (Å²) in [7, 11) is 0. The molecule has 3 unspecified atom stereocenters. The fourth-order valence-corrected chi connectivity index (χ4v) is 2.57. The SMILES string of the molecule is CC(C)C(C)CC(CC(C)C(C)C)C(C)C(C)C. The third-order valence-electron chi connectivity index (χ3n) is 5.42. The molecule has 0 nitrogen and oxygen atoms in total. The summed E-state index contributed by atoms with van der Waals surface area (Å²) in [6, 6.07) is 0. The number of rotatable bonds is 8. The fraction of sp³-hybridized carbons (Fsp3) is 1.00. The second-order valence-corrected chi connectivity index (χ2v) is 7.78. The zero-order valence-corrected chi connectivity index (χ0v) is 14.5. The fourth-order valence-electron chi connectivity index (χ4n) is 2.57. The lowest BCUT2D eigenvalue weighted by atomic mass is 9.72. The van der Waals surface area contributed by atoms with Crippen molar-refractivity contribution in [1.82, 2.24) is 0 Å². The van der Waals surface area contributed by atoms with Gasteiger partial charge < -0.3 is 0 Å². The highest BCUT2D eigenvalue weighted by molar-refractivity contribution is 4.76. The lowest BCUT2D eigenvalue weighted by molar-refractivity contribution is 0.168. The number of hydrogen-bond donors (Lipinski definition) is 0. The lowest BCUT2D eigenvalue weighted by Crippen LogP contribution is -2.24. The molecule has 0 saturated carbocycles. The van der Waals surface area contributed by atoms with Crippen LogP contribution in [0.2, 0.25) is 0 Å². The zero-order valence-electron chi connectivity index (χ0n) is 14.5. The van der Waals surface area contributed by atoms with Crippen LogP contribution in [0.1, 0.15) is 75.2 Å². The van der Waals surface area contributed by atoms with E-state index in [1.54, 1.807) is 0 Å². The molecule has 0 aromatic heterocycles. The van der Waals surface area contributed by atoms with Gasteiger partial charge in [0.2, 0.25) is 0 Å². The molecule has 0 heteroatoms. The Morgan fingerprint density at radius 2 is 0.833 bits per heavy atom. The highest BCUT2D eigenvalue weighted by atomic mass is 14.3. The Labute approximate surface area is 117 Å². The van der Waals surface area contributed by atoms with Crippen molar-refractivity contribution in [2.75, 3.05) is 0 Å². The summed E-state index contributed by atoms with van der Waals surface area (Å²) in [5, 5.41) is 0. The van der Waals surface area contributed by atoms with Crippen LogP contribution in [-0.4, -0.2) is 0 Å². The highest BCUT2D eigenvalue weighted by Gasteiger charge is 2.25. The van der Waals surface area contributed by atoms with Gasteiger partial charge in [-0.25, -0.2) is 0 Å². The van der Waals surface area contributed by atoms with Crippen LogP contribution in [0.5, 0.6) is 0 Å². The van der Waals surface area contributed by atoms with Crippen molar-refractivity contribution in [3.05, 3.63) is 0 Å². The maximum Gasteiger partial charge on any atom is -0.0381 e. The first-order chi connectivity index (χ1) is 8.16. The summed E-state index contributed by atoms with van der Waals surface area (Å²) in [5.74, 6) is 5.93. The summed E-state index contributed by atoms with van der Waals surface area (Å²) >= 11 is 0. The first kappa shape index (κ1) is 18.0. The van der Waals surface area contributed by atoms with Gasteiger partial charge in [0, 0.05) is 0 Å². The van der Waals surface area contributed by atoms with E-state index in [0.29, 0.717) is 0 Å². The van der Waals surface area contributed by atoms with Crippen LogP contribution in [0.3, 0.4) is 0 Å². The van der Waals surface area contributed by atoms with Gasteiger partial charge in [-0.05, 0) is 54.3 Å². The second-order valence-electron chi connectivity index (χ2n) is 7.78. The van der Waals surface area contributed by atoms with Gasteiger partial charge in [0.25, 0.3) is 0 Å². The van der Waals surface area contributed by atoms with Crippen molar-refractivity contribution < 1.29 is 0 Å². The first-order valence-corrected chi connectivity index (χ1v) is 8.16. The summed E-state index contributed by atoms with van der Waals surface area (Å²) in [4.78, 5) is 0. The van der Waals surface area contributed by atoms with Crippen LogP contribution in [0.15, 0.2) is 0 Å². The van der Waals surface area contributed by atoms with E-state index in [0.717, 1.165) is 41.4 Å². The monoisotopic (exact) mass is 254 g/mol. The molecule has 0 spiro atoms. The molecule has 0 aliphatic heterocycles. The smallest absolute Gasteiger partial charge is 0.0381 e. The van der Waals surface area contributed by atoms with Crippen LogP contribution in [-0.2, 0) is 0 Å². The van der Waals surface area contributed by atoms with Crippen molar-refractivity contribution in [3.63, 3.8) is 0 Å². The molecule has 0 aliphatic carbocycles. The van der Waals surface area contributed by atoms with Gasteiger partial charge in [-0.15, -0.1) is 0 Å². The van der Waals surface area contributed by atoms with Crippen LogP contribution in [0.4, 0.5) is 0 Å². The minimum atomic E-state index is 0.814. The molecule has 110 valence electrons. The lowest BCUT2D eigenvalue weighted by Gasteiger charge is -2.33. The molecule has 0 amide bonds. The van der Waals surface area contributed by atoms with Gasteiger partial charge in [-0.3, -0.25) is 0 Å². The standard InChI is InChI=1S/C18H38/c1-12(2)15(7)10-18(17(9)14(5)6)11-16(8)13(3)4/h12-18H,10-11H2,1-9H3. The minimum Gasteiger partial charge on any atom is -0.0625 e. The first-order valence-electron chi connectivity index (χ1n) is 8.16. The van der Waals surface area contributed by atoms with E-state index in [4.69, 9.17) is 0 Å². The molecule has 0 saturated heterocycles. The topological polar surface area (TPSA) is 0 Å². The van der Waals surface area contributed by atoms with Gasteiger partial charge in [0.05, 0.1) is 0 Å². The van der Waals surface area contributed by atoms with Crippen LogP contribution < -0.4 is 0 Å². The second kappa shape index (κ2) is 8.23. The minimum absolute atomic E-state index is 0.814. The summed E-state index contributed by atoms with van der Waals surface area (Å²) in [5.41, 5.74) is 0. The maximum atomic E-state index is 2.47. The summed E-state index contributed by atoms with van der Waals surface area (Å²) < 4.78 is 0. The Morgan fingerprint density at radius 3 is 1.06 bits per heavy atom. The Hall–Kier alpha value is 0. The van der Waals surface area contributed by atoms with E-state index >= 15 is 0 Å². The van der Waals surface area contributed by atoms with Crippen LogP contribution in [0.25, 0.3) is 0 Å². The molecule has 0 heterocycles. The molecule has 0 fully saturated rings. The molecule has 0 rings (SSSR count). The normalized spacial score (nSPS) is 19.3. The Kier molecular flexibility index (Phi) is 8.23. The van der Waals surface area contributed by atoms with E-state index in [2.05, 4.69) is 62.3 Å². The molecular weight excluding hydrogens is 216 g/mol. The van der Waals surface area contributed by atoms with Crippen molar-refractivity contribution in [1.29, 1.82) is 0 Å². The van der Waals surface area contributed by atoms with E-state index in [-0.39, 0.29) is 0 Å². The van der Waals surface area contributed by atoms with Gasteiger partial charge in [-0.1, -0.05) is 62.3 Å². The van der Waals surface area contributed by atoms with E-state index in [9.17, 15) is 0 Å². The molecule has 3 atom stereocenters. The van der Waals surface area contributed by atoms with E-state index in [1.807, 2.05) is 0 Å². The molecule has 0 aliphatic rings. The predicted octanol–water partition coefficient (Wildman–Crippen LogP) is 6.26. The van der Waals surface area contributed by atoms with Gasteiger partial charge in [-0.2, -0.15) is 0 Å². The molecule has 0 N–H and O–H groups in total. The average Bonchev–Trinajstić information content (AvgIpc) is 2.26. The average molecular weight is 255 g/mol. The molecule has 0 bridgehead atoms. The molecule has 0 aromatic carbocycles. The van der Waals surface area contributed by atoms with E-state index in [1.165, 1.54) is 12.8 Å². The Bertz CT molecular complexity index is 186. The van der Waals surface area contributed by atoms with Gasteiger partial charge in [0.15, 0.2) is 0 Å². The van der Waals surface area contributed by atoms with Crippen molar-refractivity contribution in [2.24, 2.45) is 41.4 Å². The van der Waals surface area contributed by atoms with Gasteiger partial charge >= 0.3 is 0 Å².